The first-order valence-corrected chi connectivity index (χ1v) is 3.44. The van der Waals surface area contributed by atoms with Crippen LogP contribution in [0.1, 0.15) is 6.42 Å². The van der Waals surface area contributed by atoms with Crippen LogP contribution in [0.2, 0.25) is 0 Å². The van der Waals surface area contributed by atoms with Gasteiger partial charge in [0, 0.05) is 12.5 Å². The van der Waals surface area contributed by atoms with E-state index in [1.807, 2.05) is 0 Å². The van der Waals surface area contributed by atoms with Crippen molar-refractivity contribution in [2.75, 3.05) is 13.2 Å². The molecule has 2 N–H and O–H groups in total. The lowest BCUT2D eigenvalue weighted by molar-refractivity contribution is -0.215. The minimum Gasteiger partial charge on any atom is -0.368 e. The second-order valence-corrected chi connectivity index (χ2v) is 2.62. The van der Waals surface area contributed by atoms with Crippen molar-refractivity contribution < 1.29 is 17.9 Å². The van der Waals surface area contributed by atoms with Crippen LogP contribution in [-0.2, 0) is 4.74 Å². The van der Waals surface area contributed by atoms with Gasteiger partial charge in [0.1, 0.15) is 0 Å². The Morgan fingerprint density at radius 1 is 1.45 bits per heavy atom. The molecule has 66 valence electrons. The molecule has 0 spiro atoms. The van der Waals surface area contributed by atoms with Gasteiger partial charge in [-0.15, -0.1) is 0 Å². The van der Waals surface area contributed by atoms with Crippen molar-refractivity contribution >= 4 is 0 Å². The molecular weight excluding hydrogens is 159 g/mol. The molecule has 1 heterocycles. The molecule has 1 aliphatic rings. The predicted octanol–water partition coefficient (Wildman–Crippen LogP) is 0.912. The van der Waals surface area contributed by atoms with E-state index in [4.69, 9.17) is 5.73 Å². The lowest BCUT2D eigenvalue weighted by Crippen LogP contribution is -2.36. The zero-order chi connectivity index (χ0) is 8.48. The van der Waals surface area contributed by atoms with E-state index < -0.39 is 18.2 Å². The molecule has 0 aromatic heterocycles. The van der Waals surface area contributed by atoms with Crippen LogP contribution >= 0.6 is 0 Å². The van der Waals surface area contributed by atoms with Crippen LogP contribution in [-0.4, -0.2) is 25.4 Å². The van der Waals surface area contributed by atoms with Crippen LogP contribution in [0.4, 0.5) is 13.2 Å². The SMILES string of the molecule is NC[C@H]1CCO[C@H]1C(F)(F)F. The second-order valence-electron chi connectivity index (χ2n) is 2.62. The molecule has 1 rings (SSSR count). The Morgan fingerprint density at radius 3 is 2.45 bits per heavy atom. The van der Waals surface area contributed by atoms with Gasteiger partial charge in [0.2, 0.25) is 0 Å². The topological polar surface area (TPSA) is 35.2 Å². The van der Waals surface area contributed by atoms with E-state index in [0.717, 1.165) is 0 Å². The molecule has 0 saturated carbocycles. The van der Waals surface area contributed by atoms with E-state index in [9.17, 15) is 13.2 Å². The smallest absolute Gasteiger partial charge is 0.368 e. The zero-order valence-corrected chi connectivity index (χ0v) is 5.90. The molecule has 0 amide bonds. The van der Waals surface area contributed by atoms with E-state index in [0.29, 0.717) is 6.42 Å². The fraction of sp³-hybridized carbons (Fsp3) is 1.00. The van der Waals surface area contributed by atoms with Crippen molar-refractivity contribution in [1.29, 1.82) is 0 Å². The molecule has 2 atom stereocenters. The maximum atomic E-state index is 12.0. The van der Waals surface area contributed by atoms with Crippen LogP contribution in [0.3, 0.4) is 0 Å². The first-order chi connectivity index (χ1) is 5.05. The van der Waals surface area contributed by atoms with Gasteiger partial charge in [0.15, 0.2) is 6.10 Å². The monoisotopic (exact) mass is 169 g/mol. The summed E-state index contributed by atoms with van der Waals surface area (Å²) in [4.78, 5) is 0. The fourth-order valence-electron chi connectivity index (χ4n) is 1.24. The highest BCUT2D eigenvalue weighted by molar-refractivity contribution is 4.82. The van der Waals surface area contributed by atoms with Crippen LogP contribution in [0.25, 0.3) is 0 Å². The van der Waals surface area contributed by atoms with Crippen molar-refractivity contribution in [3.05, 3.63) is 0 Å². The van der Waals surface area contributed by atoms with Crippen molar-refractivity contribution in [2.45, 2.75) is 18.7 Å². The minimum absolute atomic E-state index is 0.0458. The van der Waals surface area contributed by atoms with Gasteiger partial charge in [-0.25, -0.2) is 0 Å². The molecule has 5 heteroatoms. The number of hydrogen-bond donors (Lipinski definition) is 1. The van der Waals surface area contributed by atoms with E-state index in [1.54, 1.807) is 0 Å². The second kappa shape index (κ2) is 2.98. The number of ether oxygens (including phenoxy) is 1. The van der Waals surface area contributed by atoms with Gasteiger partial charge in [-0.05, 0) is 13.0 Å². The first kappa shape index (κ1) is 8.80. The Balaban J connectivity index is 2.57. The standard InChI is InChI=1S/C6H10F3NO/c7-6(8,9)5-4(3-10)1-2-11-5/h4-5H,1-3,10H2/t4-,5-/m1/s1. The minimum atomic E-state index is -4.25. The van der Waals surface area contributed by atoms with Gasteiger partial charge >= 0.3 is 6.18 Å². The van der Waals surface area contributed by atoms with Crippen LogP contribution in [0.5, 0.6) is 0 Å². The van der Waals surface area contributed by atoms with Gasteiger partial charge in [-0.1, -0.05) is 0 Å². The average Bonchev–Trinajstić information content (AvgIpc) is 2.31. The molecule has 0 aliphatic carbocycles. The van der Waals surface area contributed by atoms with Crippen molar-refractivity contribution in [3.63, 3.8) is 0 Å². The lowest BCUT2D eigenvalue weighted by atomic mass is 10.0. The van der Waals surface area contributed by atoms with Crippen LogP contribution < -0.4 is 5.73 Å². The molecule has 11 heavy (non-hydrogen) atoms. The summed E-state index contributed by atoms with van der Waals surface area (Å²) in [6.07, 6.45) is -5.46. The fourth-order valence-corrected chi connectivity index (χ4v) is 1.24. The third-order valence-electron chi connectivity index (χ3n) is 1.84. The molecule has 1 aliphatic heterocycles. The third-order valence-corrected chi connectivity index (χ3v) is 1.84. The Kier molecular flexibility index (Phi) is 2.39. The predicted molar refractivity (Wildman–Crippen MR) is 33.0 cm³/mol. The van der Waals surface area contributed by atoms with Gasteiger partial charge in [-0.3, -0.25) is 0 Å². The Bertz CT molecular complexity index is 136. The molecule has 1 fully saturated rings. The summed E-state index contributed by atoms with van der Waals surface area (Å²) in [5, 5.41) is 0. The van der Waals surface area contributed by atoms with E-state index in [-0.39, 0.29) is 13.2 Å². The number of rotatable bonds is 1. The molecular formula is C6H10F3NO. The van der Waals surface area contributed by atoms with Gasteiger partial charge in [0.05, 0.1) is 0 Å². The highest BCUT2D eigenvalue weighted by atomic mass is 19.4. The lowest BCUT2D eigenvalue weighted by Gasteiger charge is -2.19. The van der Waals surface area contributed by atoms with Gasteiger partial charge < -0.3 is 10.5 Å². The van der Waals surface area contributed by atoms with Crippen molar-refractivity contribution in [1.82, 2.24) is 0 Å². The summed E-state index contributed by atoms with van der Waals surface area (Å²) in [5.41, 5.74) is 5.14. The van der Waals surface area contributed by atoms with Crippen LogP contribution in [0, 0.1) is 5.92 Å². The molecule has 0 radical (unpaired) electrons. The largest absolute Gasteiger partial charge is 0.414 e. The Hall–Kier alpha value is -0.290. The summed E-state index contributed by atoms with van der Waals surface area (Å²) in [6, 6.07) is 0. The summed E-state index contributed by atoms with van der Waals surface area (Å²) < 4.78 is 40.6. The van der Waals surface area contributed by atoms with Gasteiger partial charge in [-0.2, -0.15) is 13.2 Å². The van der Waals surface area contributed by atoms with Crippen molar-refractivity contribution in [3.8, 4) is 0 Å². The van der Waals surface area contributed by atoms with E-state index in [2.05, 4.69) is 4.74 Å². The average molecular weight is 169 g/mol. The molecule has 1 saturated heterocycles. The highest BCUT2D eigenvalue weighted by Crippen LogP contribution is 2.33. The maximum Gasteiger partial charge on any atom is 0.414 e. The summed E-state index contributed by atoms with van der Waals surface area (Å²) in [6.45, 7) is 0.218. The highest BCUT2D eigenvalue weighted by Gasteiger charge is 2.47. The Morgan fingerprint density at radius 2 is 2.09 bits per heavy atom. The quantitative estimate of drug-likeness (QED) is 0.633. The molecule has 0 aromatic carbocycles. The number of halogens is 3. The molecule has 0 unspecified atom stereocenters. The third kappa shape index (κ3) is 1.84. The van der Waals surface area contributed by atoms with Gasteiger partial charge in [0.25, 0.3) is 0 Å². The van der Waals surface area contributed by atoms with Crippen LogP contribution in [0.15, 0.2) is 0 Å². The number of hydrogen-bond acceptors (Lipinski definition) is 2. The maximum absolute atomic E-state index is 12.0. The first-order valence-electron chi connectivity index (χ1n) is 3.44. The normalized spacial score (nSPS) is 32.7. The van der Waals surface area contributed by atoms with E-state index in [1.165, 1.54) is 0 Å². The molecule has 0 bridgehead atoms. The number of alkyl halides is 3. The summed E-state index contributed by atoms with van der Waals surface area (Å²) in [7, 11) is 0. The zero-order valence-electron chi connectivity index (χ0n) is 5.90. The Labute approximate surface area is 62.5 Å². The van der Waals surface area contributed by atoms with E-state index >= 15 is 0 Å². The summed E-state index contributed by atoms with van der Waals surface area (Å²) >= 11 is 0. The summed E-state index contributed by atoms with van der Waals surface area (Å²) in [5.74, 6) is -0.546. The molecule has 0 aromatic rings. The number of nitrogens with two attached hydrogens (primary N) is 1. The van der Waals surface area contributed by atoms with Crippen molar-refractivity contribution in [2.24, 2.45) is 11.7 Å². The molecule has 2 nitrogen and oxygen atoms in total.